The van der Waals surface area contributed by atoms with Crippen molar-refractivity contribution in [1.82, 2.24) is 14.9 Å². The van der Waals surface area contributed by atoms with Crippen LogP contribution in [-0.4, -0.2) is 64.0 Å². The first-order valence-corrected chi connectivity index (χ1v) is 9.56. The molecule has 1 aliphatic rings. The highest BCUT2D eigenvalue weighted by atomic mass is 16.6. The van der Waals surface area contributed by atoms with Crippen molar-refractivity contribution in [2.45, 2.75) is 38.8 Å². The Bertz CT molecular complexity index is 774. The molecule has 1 N–H and O–H groups in total. The zero-order valence-electron chi connectivity index (χ0n) is 16.7. The van der Waals surface area contributed by atoms with Gasteiger partial charge in [0.15, 0.2) is 0 Å². The molecule has 150 valence electrons. The number of piperazine rings is 1. The molecule has 7 heteroatoms. The zero-order chi connectivity index (χ0) is 20.1. The molecule has 2 heterocycles. The Labute approximate surface area is 166 Å². The molecule has 1 aromatic carbocycles. The SMILES string of the molecule is CC(C)(C)OC(=O)N1CCN(c2ncc(Cc3ccccc3)cn2)C(CO)C1. The lowest BCUT2D eigenvalue weighted by atomic mass is 10.1. The van der Waals surface area contributed by atoms with E-state index in [4.69, 9.17) is 4.74 Å². The zero-order valence-corrected chi connectivity index (χ0v) is 16.7. The second-order valence-electron chi connectivity index (χ2n) is 8.01. The number of nitrogens with zero attached hydrogens (tertiary/aromatic N) is 4. The molecule has 1 aliphatic heterocycles. The monoisotopic (exact) mass is 384 g/mol. The van der Waals surface area contributed by atoms with E-state index < -0.39 is 5.60 Å². The topological polar surface area (TPSA) is 78.8 Å². The van der Waals surface area contributed by atoms with E-state index in [0.717, 1.165) is 12.0 Å². The summed E-state index contributed by atoms with van der Waals surface area (Å²) in [6.07, 6.45) is 4.06. The van der Waals surface area contributed by atoms with Gasteiger partial charge in [0.1, 0.15) is 5.60 Å². The molecular formula is C21H28N4O3. The number of ether oxygens (including phenoxy) is 1. The second kappa shape index (κ2) is 8.56. The summed E-state index contributed by atoms with van der Waals surface area (Å²) in [6, 6.07) is 9.91. The first-order valence-electron chi connectivity index (χ1n) is 9.56. The Morgan fingerprint density at radius 3 is 2.43 bits per heavy atom. The lowest BCUT2D eigenvalue weighted by Crippen LogP contribution is -2.57. The first-order chi connectivity index (χ1) is 13.4. The molecule has 0 bridgehead atoms. The minimum atomic E-state index is -0.541. The number of aliphatic hydroxyl groups is 1. The molecule has 0 saturated carbocycles. The molecule has 28 heavy (non-hydrogen) atoms. The van der Waals surface area contributed by atoms with Crippen molar-refractivity contribution >= 4 is 12.0 Å². The maximum absolute atomic E-state index is 12.3. The normalized spacial score (nSPS) is 17.5. The Hall–Kier alpha value is -2.67. The summed E-state index contributed by atoms with van der Waals surface area (Å²) < 4.78 is 5.44. The van der Waals surface area contributed by atoms with Gasteiger partial charge >= 0.3 is 6.09 Å². The number of anilines is 1. The van der Waals surface area contributed by atoms with Gasteiger partial charge < -0.3 is 19.6 Å². The van der Waals surface area contributed by atoms with Gasteiger partial charge in [-0.2, -0.15) is 0 Å². The Kier molecular flexibility index (Phi) is 6.14. The summed E-state index contributed by atoms with van der Waals surface area (Å²) in [5, 5.41) is 9.83. The number of hydrogen-bond donors (Lipinski definition) is 1. The van der Waals surface area contributed by atoms with Crippen molar-refractivity contribution in [3.63, 3.8) is 0 Å². The van der Waals surface area contributed by atoms with Gasteiger partial charge in [0.2, 0.25) is 5.95 Å². The van der Waals surface area contributed by atoms with Crippen molar-refractivity contribution in [3.05, 3.63) is 53.9 Å². The fraction of sp³-hybridized carbons (Fsp3) is 0.476. The third-order valence-corrected chi connectivity index (χ3v) is 4.54. The van der Waals surface area contributed by atoms with E-state index in [1.807, 2.05) is 56.3 Å². The van der Waals surface area contributed by atoms with E-state index in [1.165, 1.54) is 5.56 Å². The van der Waals surface area contributed by atoms with Crippen molar-refractivity contribution in [2.75, 3.05) is 31.1 Å². The highest BCUT2D eigenvalue weighted by Crippen LogP contribution is 2.19. The summed E-state index contributed by atoms with van der Waals surface area (Å²) in [5.41, 5.74) is 1.70. The molecule has 1 fully saturated rings. The van der Waals surface area contributed by atoms with E-state index in [2.05, 4.69) is 22.1 Å². The molecule has 1 aromatic heterocycles. The average molecular weight is 384 g/mol. The van der Waals surface area contributed by atoms with Crippen LogP contribution in [0, 0.1) is 0 Å². The predicted molar refractivity (Wildman–Crippen MR) is 107 cm³/mol. The molecule has 1 amide bonds. The summed E-state index contributed by atoms with van der Waals surface area (Å²) in [5.74, 6) is 0.569. The highest BCUT2D eigenvalue weighted by Gasteiger charge is 2.32. The quantitative estimate of drug-likeness (QED) is 0.873. The lowest BCUT2D eigenvalue weighted by molar-refractivity contribution is 0.0196. The molecule has 0 spiro atoms. The molecule has 0 radical (unpaired) electrons. The lowest BCUT2D eigenvalue weighted by Gasteiger charge is -2.40. The Balaban J connectivity index is 1.64. The maximum atomic E-state index is 12.3. The van der Waals surface area contributed by atoms with Crippen LogP contribution in [0.2, 0.25) is 0 Å². The highest BCUT2D eigenvalue weighted by molar-refractivity contribution is 5.68. The van der Waals surface area contributed by atoms with E-state index in [1.54, 1.807) is 4.90 Å². The fourth-order valence-electron chi connectivity index (χ4n) is 3.19. The third kappa shape index (κ3) is 5.19. The average Bonchev–Trinajstić information content (AvgIpc) is 2.67. The number of aromatic nitrogens is 2. The maximum Gasteiger partial charge on any atom is 0.410 e. The van der Waals surface area contributed by atoms with Gasteiger partial charge in [-0.05, 0) is 31.9 Å². The van der Waals surface area contributed by atoms with Gasteiger partial charge in [-0.1, -0.05) is 30.3 Å². The van der Waals surface area contributed by atoms with Crippen molar-refractivity contribution in [2.24, 2.45) is 0 Å². The van der Waals surface area contributed by atoms with Crippen LogP contribution in [-0.2, 0) is 11.2 Å². The van der Waals surface area contributed by atoms with E-state index in [9.17, 15) is 9.90 Å². The third-order valence-electron chi connectivity index (χ3n) is 4.54. The standard InChI is InChI=1S/C21H28N4O3/c1-21(2,3)28-20(27)24-9-10-25(18(14-24)15-26)19-22-12-17(13-23-19)11-16-7-5-4-6-8-16/h4-8,12-13,18,26H,9-11,14-15H2,1-3H3. The summed E-state index contributed by atoms with van der Waals surface area (Å²) in [6.45, 7) is 6.86. The fourth-order valence-corrected chi connectivity index (χ4v) is 3.19. The largest absolute Gasteiger partial charge is 0.444 e. The van der Waals surface area contributed by atoms with Crippen LogP contribution in [0.5, 0.6) is 0 Å². The van der Waals surface area contributed by atoms with Gasteiger partial charge in [0, 0.05) is 38.4 Å². The summed E-state index contributed by atoms with van der Waals surface area (Å²) in [7, 11) is 0. The minimum absolute atomic E-state index is 0.0889. The van der Waals surface area contributed by atoms with Crippen LogP contribution in [0.4, 0.5) is 10.7 Å². The smallest absolute Gasteiger partial charge is 0.410 e. The van der Waals surface area contributed by atoms with Crippen LogP contribution in [0.3, 0.4) is 0 Å². The van der Waals surface area contributed by atoms with E-state index >= 15 is 0 Å². The Morgan fingerprint density at radius 2 is 1.82 bits per heavy atom. The Morgan fingerprint density at radius 1 is 1.14 bits per heavy atom. The summed E-state index contributed by atoms with van der Waals surface area (Å²) >= 11 is 0. The van der Waals surface area contributed by atoms with Crippen LogP contribution in [0.15, 0.2) is 42.7 Å². The second-order valence-corrected chi connectivity index (χ2v) is 8.01. The number of aliphatic hydroxyl groups excluding tert-OH is 1. The molecule has 0 aliphatic carbocycles. The van der Waals surface area contributed by atoms with Crippen molar-refractivity contribution in [3.8, 4) is 0 Å². The molecular weight excluding hydrogens is 356 g/mol. The first kappa shape index (κ1) is 20.1. The van der Waals surface area contributed by atoms with Crippen LogP contribution in [0.25, 0.3) is 0 Å². The van der Waals surface area contributed by atoms with Gasteiger partial charge in [-0.25, -0.2) is 14.8 Å². The number of carbonyl (C=O) groups excluding carboxylic acids is 1. The van der Waals surface area contributed by atoms with E-state index in [0.29, 0.717) is 25.6 Å². The molecule has 1 atom stereocenters. The van der Waals surface area contributed by atoms with Gasteiger partial charge in [-0.15, -0.1) is 0 Å². The number of benzene rings is 1. The number of carbonyl (C=O) groups is 1. The van der Waals surface area contributed by atoms with Crippen molar-refractivity contribution < 1.29 is 14.6 Å². The van der Waals surface area contributed by atoms with Crippen LogP contribution < -0.4 is 4.90 Å². The number of hydrogen-bond acceptors (Lipinski definition) is 6. The molecule has 1 unspecified atom stereocenters. The van der Waals surface area contributed by atoms with Gasteiger partial charge in [0.25, 0.3) is 0 Å². The summed E-state index contributed by atoms with van der Waals surface area (Å²) in [4.78, 5) is 24.9. The van der Waals surface area contributed by atoms with Gasteiger partial charge in [-0.3, -0.25) is 0 Å². The van der Waals surface area contributed by atoms with E-state index in [-0.39, 0.29) is 18.7 Å². The van der Waals surface area contributed by atoms with Crippen LogP contribution >= 0.6 is 0 Å². The van der Waals surface area contributed by atoms with Crippen molar-refractivity contribution in [1.29, 1.82) is 0 Å². The number of rotatable bonds is 4. The molecule has 3 rings (SSSR count). The molecule has 1 saturated heterocycles. The van der Waals surface area contributed by atoms with Crippen LogP contribution in [0.1, 0.15) is 31.9 Å². The minimum Gasteiger partial charge on any atom is -0.444 e. The molecule has 2 aromatic rings. The van der Waals surface area contributed by atoms with Gasteiger partial charge in [0.05, 0.1) is 12.6 Å². The number of amides is 1. The molecule has 7 nitrogen and oxygen atoms in total. The predicted octanol–water partition coefficient (Wildman–Crippen LogP) is 2.49.